The lowest BCUT2D eigenvalue weighted by Gasteiger charge is -2.09. The van der Waals surface area contributed by atoms with E-state index < -0.39 is 26.0 Å². The fourth-order valence-electron chi connectivity index (χ4n) is 2.08. The first-order chi connectivity index (χ1) is 12.7. The highest BCUT2D eigenvalue weighted by atomic mass is 32.2. The van der Waals surface area contributed by atoms with E-state index in [1.807, 2.05) is 0 Å². The molecule has 1 aromatic heterocycles. The molecule has 1 heterocycles. The fraction of sp³-hybridized carbons (Fsp3) is 0.267. The van der Waals surface area contributed by atoms with Crippen LogP contribution in [0.2, 0.25) is 0 Å². The number of rotatable bonds is 8. The summed E-state index contributed by atoms with van der Waals surface area (Å²) in [5.41, 5.74) is 5.37. The van der Waals surface area contributed by atoms with Crippen molar-refractivity contribution in [1.82, 2.24) is 14.9 Å². The number of benzene rings is 1. The molecule has 12 heteroatoms. The van der Waals surface area contributed by atoms with E-state index in [9.17, 15) is 21.6 Å². The molecule has 0 atom stereocenters. The van der Waals surface area contributed by atoms with Crippen LogP contribution in [-0.4, -0.2) is 35.8 Å². The molecule has 3 rings (SSSR count). The van der Waals surface area contributed by atoms with Gasteiger partial charge in [-0.05, 0) is 56.3 Å². The molecule has 27 heavy (non-hydrogen) atoms. The van der Waals surface area contributed by atoms with Crippen LogP contribution in [0.15, 0.2) is 50.8 Å². The Hall–Kier alpha value is -2.41. The predicted molar refractivity (Wildman–Crippen MR) is 95.8 cm³/mol. The summed E-state index contributed by atoms with van der Waals surface area (Å²) in [7, 11) is -6.10. The first kappa shape index (κ1) is 19.4. The van der Waals surface area contributed by atoms with E-state index in [2.05, 4.69) is 20.3 Å². The lowest BCUT2D eigenvalue weighted by Crippen LogP contribution is -2.29. The van der Waals surface area contributed by atoms with E-state index in [0.29, 0.717) is 5.69 Å². The quantitative estimate of drug-likeness (QED) is 0.457. The molecule has 0 aliphatic heterocycles. The minimum absolute atomic E-state index is 0.0111. The highest BCUT2D eigenvalue weighted by Gasteiger charge is 2.27. The summed E-state index contributed by atoms with van der Waals surface area (Å²) in [5, 5.41) is -0.382. The van der Waals surface area contributed by atoms with Gasteiger partial charge < -0.3 is 4.42 Å². The van der Waals surface area contributed by atoms with Gasteiger partial charge in [-0.1, -0.05) is 0 Å². The number of nitrogens with one attached hydrogen (secondary N) is 4. The van der Waals surface area contributed by atoms with Crippen LogP contribution in [-0.2, 0) is 20.0 Å². The number of hydrogen-bond acceptors (Lipinski definition) is 7. The molecule has 2 aromatic rings. The molecule has 0 spiro atoms. The second kappa shape index (κ2) is 7.31. The number of sulfonamides is 2. The highest BCUT2D eigenvalue weighted by Crippen LogP contribution is 2.22. The molecule has 0 bridgehead atoms. The summed E-state index contributed by atoms with van der Waals surface area (Å²) in [4.78, 5) is 12.1. The standard InChI is InChI=1S/C15H18N4O6S2/c1-16-27(23,24)14-9-8-13(25-14)15(20)18-17-10-4-6-12(7-5-10)26(21,22)19-11-2-3-11/h4-9,11,16-17,19H,2-3H2,1H3,(H,18,20). The van der Waals surface area contributed by atoms with Gasteiger partial charge in [0.2, 0.25) is 15.1 Å². The van der Waals surface area contributed by atoms with E-state index in [-0.39, 0.29) is 21.8 Å². The normalized spacial score (nSPS) is 14.7. The van der Waals surface area contributed by atoms with Gasteiger partial charge in [0.1, 0.15) is 0 Å². The van der Waals surface area contributed by atoms with Crippen LogP contribution in [0.4, 0.5) is 5.69 Å². The van der Waals surface area contributed by atoms with Crippen LogP contribution in [0.1, 0.15) is 23.4 Å². The molecule has 10 nitrogen and oxygen atoms in total. The maximum atomic E-state index is 12.1. The Bertz CT molecular complexity index is 1040. The maximum absolute atomic E-state index is 12.1. The highest BCUT2D eigenvalue weighted by molar-refractivity contribution is 7.89. The van der Waals surface area contributed by atoms with Crippen molar-refractivity contribution < 1.29 is 26.0 Å². The molecular formula is C15H18N4O6S2. The molecule has 0 unspecified atom stereocenters. The molecular weight excluding hydrogens is 396 g/mol. The largest absolute Gasteiger partial charge is 0.438 e. The van der Waals surface area contributed by atoms with Crippen molar-refractivity contribution in [3.8, 4) is 0 Å². The number of hydrazine groups is 1. The lowest BCUT2D eigenvalue weighted by atomic mass is 10.3. The van der Waals surface area contributed by atoms with Crippen molar-refractivity contribution in [3.63, 3.8) is 0 Å². The molecule has 4 N–H and O–H groups in total. The van der Waals surface area contributed by atoms with Gasteiger partial charge in [0.25, 0.3) is 10.0 Å². The smallest absolute Gasteiger partial charge is 0.305 e. The van der Waals surface area contributed by atoms with Crippen LogP contribution >= 0.6 is 0 Å². The van der Waals surface area contributed by atoms with Gasteiger partial charge in [-0.15, -0.1) is 0 Å². The summed E-state index contributed by atoms with van der Waals surface area (Å²) < 4.78 is 57.0. The molecule has 146 valence electrons. The third-order valence-electron chi connectivity index (χ3n) is 3.72. The van der Waals surface area contributed by atoms with Gasteiger partial charge in [-0.2, -0.15) is 0 Å². The molecule has 1 aliphatic carbocycles. The van der Waals surface area contributed by atoms with Crippen LogP contribution < -0.4 is 20.3 Å². The van der Waals surface area contributed by atoms with E-state index in [0.717, 1.165) is 18.9 Å². The van der Waals surface area contributed by atoms with E-state index in [1.165, 1.54) is 37.4 Å². The van der Waals surface area contributed by atoms with Crippen molar-refractivity contribution >= 4 is 31.6 Å². The van der Waals surface area contributed by atoms with Crippen LogP contribution in [0.25, 0.3) is 0 Å². The third-order valence-corrected chi connectivity index (χ3v) is 6.55. The molecule has 0 radical (unpaired) electrons. The average molecular weight is 414 g/mol. The fourth-order valence-corrected chi connectivity index (χ4v) is 4.04. The van der Waals surface area contributed by atoms with Gasteiger partial charge in [-0.3, -0.25) is 15.6 Å². The van der Waals surface area contributed by atoms with Crippen LogP contribution in [0.5, 0.6) is 0 Å². The Morgan fingerprint density at radius 1 is 1.00 bits per heavy atom. The van der Waals surface area contributed by atoms with Crippen molar-refractivity contribution in [2.75, 3.05) is 12.5 Å². The van der Waals surface area contributed by atoms with Crippen molar-refractivity contribution in [2.24, 2.45) is 0 Å². The molecule has 0 saturated heterocycles. The van der Waals surface area contributed by atoms with E-state index >= 15 is 0 Å². The monoisotopic (exact) mass is 414 g/mol. The zero-order valence-electron chi connectivity index (χ0n) is 14.2. The van der Waals surface area contributed by atoms with Crippen molar-refractivity contribution in [1.29, 1.82) is 0 Å². The van der Waals surface area contributed by atoms with Gasteiger partial charge >= 0.3 is 5.91 Å². The number of furan rings is 1. The summed E-state index contributed by atoms with van der Waals surface area (Å²) >= 11 is 0. The number of anilines is 1. The first-order valence-corrected chi connectivity index (χ1v) is 10.9. The molecule has 1 saturated carbocycles. The Kier molecular flexibility index (Phi) is 5.24. The summed E-state index contributed by atoms with van der Waals surface area (Å²) in [6.07, 6.45) is 1.68. The zero-order valence-corrected chi connectivity index (χ0v) is 15.9. The van der Waals surface area contributed by atoms with E-state index in [1.54, 1.807) is 0 Å². The molecule has 1 amide bonds. The van der Waals surface area contributed by atoms with Gasteiger partial charge in [-0.25, -0.2) is 26.3 Å². The summed E-state index contributed by atoms with van der Waals surface area (Å²) in [6.45, 7) is 0. The minimum Gasteiger partial charge on any atom is -0.438 e. The van der Waals surface area contributed by atoms with Crippen LogP contribution in [0.3, 0.4) is 0 Å². The SMILES string of the molecule is CNS(=O)(=O)c1ccc(C(=O)NNc2ccc(S(=O)(=O)NC3CC3)cc2)o1. The Morgan fingerprint density at radius 3 is 2.26 bits per heavy atom. The first-order valence-electron chi connectivity index (χ1n) is 7.93. The van der Waals surface area contributed by atoms with Gasteiger partial charge in [0, 0.05) is 6.04 Å². The second-order valence-electron chi connectivity index (χ2n) is 5.83. The maximum Gasteiger partial charge on any atom is 0.305 e. The van der Waals surface area contributed by atoms with E-state index in [4.69, 9.17) is 4.42 Å². The molecule has 1 aliphatic rings. The lowest BCUT2D eigenvalue weighted by molar-refractivity contribution is 0.0930. The number of carbonyl (C=O) groups is 1. The Morgan fingerprint density at radius 2 is 1.67 bits per heavy atom. The topological polar surface area (TPSA) is 147 Å². The summed E-state index contributed by atoms with van der Waals surface area (Å²) in [6, 6.07) is 8.18. The number of amides is 1. The summed E-state index contributed by atoms with van der Waals surface area (Å²) in [5.74, 6) is -0.899. The van der Waals surface area contributed by atoms with Crippen LogP contribution in [0, 0.1) is 0 Å². The Balaban J connectivity index is 1.60. The molecule has 1 aromatic carbocycles. The van der Waals surface area contributed by atoms with Gasteiger partial charge in [0.15, 0.2) is 5.76 Å². The second-order valence-corrected chi connectivity index (χ2v) is 9.36. The third kappa shape index (κ3) is 4.66. The zero-order chi connectivity index (χ0) is 19.7. The molecule has 1 fully saturated rings. The Labute approximate surface area is 156 Å². The van der Waals surface area contributed by atoms with Crippen molar-refractivity contribution in [3.05, 3.63) is 42.2 Å². The van der Waals surface area contributed by atoms with Gasteiger partial charge in [0.05, 0.1) is 10.6 Å². The average Bonchev–Trinajstić information content (AvgIpc) is 3.29. The minimum atomic E-state index is -3.78. The number of hydrogen-bond donors (Lipinski definition) is 4. The predicted octanol–water partition coefficient (Wildman–Crippen LogP) is 0.385. The number of carbonyl (C=O) groups excluding carboxylic acids is 1. The van der Waals surface area contributed by atoms with Crippen molar-refractivity contribution in [2.45, 2.75) is 28.9 Å².